The van der Waals surface area contributed by atoms with Crippen LogP contribution in [0.4, 0.5) is 23.1 Å². The summed E-state index contributed by atoms with van der Waals surface area (Å²) < 4.78 is 0. The summed E-state index contributed by atoms with van der Waals surface area (Å²) >= 11 is 6.04. The molecule has 4 N–H and O–H groups in total. The average molecular weight is 305 g/mol. The number of hydrogen-bond acceptors (Lipinski definition) is 6. The second-order valence-corrected chi connectivity index (χ2v) is 5.39. The number of piperazine rings is 1. The van der Waals surface area contributed by atoms with Crippen molar-refractivity contribution in [1.29, 1.82) is 0 Å². The third kappa shape index (κ3) is 2.95. The molecule has 2 heterocycles. The number of halogens is 1. The van der Waals surface area contributed by atoms with Gasteiger partial charge in [-0.15, -0.1) is 0 Å². The summed E-state index contributed by atoms with van der Waals surface area (Å²) in [6.45, 7) is 3.49. The fraction of sp³-hybridized carbons (Fsp3) is 0.286. The van der Waals surface area contributed by atoms with Gasteiger partial charge in [0.15, 0.2) is 5.82 Å². The number of nitrogens with two attached hydrogens (primary N) is 2. The van der Waals surface area contributed by atoms with E-state index in [1.165, 1.54) is 0 Å². The van der Waals surface area contributed by atoms with Gasteiger partial charge in [0.2, 0.25) is 5.95 Å². The van der Waals surface area contributed by atoms with Gasteiger partial charge in [0, 0.05) is 36.9 Å². The standard InChI is InChI=1S/C14H17ClN6/c15-10-2-1-3-11(8-10)20-4-6-21(7-5-20)12-9-18-14(17)19-13(12)16/h1-3,8-9H,4-7H2,(H4,16,17,18,19). The van der Waals surface area contributed by atoms with E-state index in [9.17, 15) is 0 Å². The maximum absolute atomic E-state index is 6.04. The fourth-order valence-corrected chi connectivity index (χ4v) is 2.71. The van der Waals surface area contributed by atoms with Crippen LogP contribution in [0.5, 0.6) is 0 Å². The van der Waals surface area contributed by atoms with E-state index in [0.29, 0.717) is 5.82 Å². The molecule has 1 aromatic heterocycles. The lowest BCUT2D eigenvalue weighted by Crippen LogP contribution is -2.46. The Hall–Kier alpha value is -2.21. The second kappa shape index (κ2) is 5.65. The smallest absolute Gasteiger partial charge is 0.222 e. The molecule has 0 aliphatic carbocycles. The normalized spacial score (nSPS) is 15.3. The summed E-state index contributed by atoms with van der Waals surface area (Å²) in [6.07, 6.45) is 1.69. The van der Waals surface area contributed by atoms with E-state index in [4.69, 9.17) is 23.1 Å². The first-order valence-corrected chi connectivity index (χ1v) is 7.15. The zero-order valence-corrected chi connectivity index (χ0v) is 12.3. The van der Waals surface area contributed by atoms with Crippen LogP contribution in [-0.2, 0) is 0 Å². The summed E-state index contributed by atoms with van der Waals surface area (Å²) in [5.74, 6) is 0.632. The van der Waals surface area contributed by atoms with Crippen LogP contribution in [0.15, 0.2) is 30.5 Å². The van der Waals surface area contributed by atoms with Crippen molar-refractivity contribution in [3.05, 3.63) is 35.5 Å². The van der Waals surface area contributed by atoms with Gasteiger partial charge in [-0.1, -0.05) is 17.7 Å². The average Bonchev–Trinajstić information content (AvgIpc) is 2.47. The monoisotopic (exact) mass is 304 g/mol. The van der Waals surface area contributed by atoms with Crippen LogP contribution in [-0.4, -0.2) is 36.1 Å². The molecule has 6 nitrogen and oxygen atoms in total. The fourth-order valence-electron chi connectivity index (χ4n) is 2.52. The van der Waals surface area contributed by atoms with E-state index in [1.807, 2.05) is 18.2 Å². The first kappa shape index (κ1) is 13.8. The number of rotatable bonds is 2. The predicted molar refractivity (Wildman–Crippen MR) is 86.7 cm³/mol. The molecule has 7 heteroatoms. The lowest BCUT2D eigenvalue weighted by atomic mass is 10.2. The Kier molecular flexibility index (Phi) is 3.70. The molecule has 0 spiro atoms. The Bertz CT molecular complexity index is 639. The zero-order valence-electron chi connectivity index (χ0n) is 11.5. The van der Waals surface area contributed by atoms with Crippen molar-refractivity contribution >= 4 is 34.7 Å². The molecule has 0 radical (unpaired) electrons. The highest BCUT2D eigenvalue weighted by atomic mass is 35.5. The van der Waals surface area contributed by atoms with E-state index in [0.717, 1.165) is 42.6 Å². The summed E-state index contributed by atoms with van der Waals surface area (Å²) in [5.41, 5.74) is 13.4. The number of aromatic nitrogens is 2. The Morgan fingerprint density at radius 2 is 1.76 bits per heavy atom. The Morgan fingerprint density at radius 1 is 1.05 bits per heavy atom. The Balaban J connectivity index is 1.70. The van der Waals surface area contributed by atoms with Crippen LogP contribution in [0.1, 0.15) is 0 Å². The highest BCUT2D eigenvalue weighted by molar-refractivity contribution is 6.30. The van der Waals surface area contributed by atoms with Gasteiger partial charge in [0.25, 0.3) is 0 Å². The van der Waals surface area contributed by atoms with E-state index in [2.05, 4.69) is 25.8 Å². The van der Waals surface area contributed by atoms with Crippen molar-refractivity contribution in [3.8, 4) is 0 Å². The summed E-state index contributed by atoms with van der Waals surface area (Å²) in [5, 5.41) is 0.756. The van der Waals surface area contributed by atoms with Gasteiger partial charge < -0.3 is 21.3 Å². The molecule has 1 saturated heterocycles. The molecule has 1 aliphatic rings. The van der Waals surface area contributed by atoms with Gasteiger partial charge in [0.1, 0.15) is 0 Å². The molecule has 1 aliphatic heterocycles. The number of benzene rings is 1. The molecule has 1 aromatic carbocycles. The minimum Gasteiger partial charge on any atom is -0.382 e. The third-order valence-corrected chi connectivity index (χ3v) is 3.85. The van der Waals surface area contributed by atoms with Crippen molar-refractivity contribution in [2.75, 3.05) is 47.4 Å². The van der Waals surface area contributed by atoms with Crippen LogP contribution in [0.3, 0.4) is 0 Å². The molecule has 0 unspecified atom stereocenters. The molecule has 0 amide bonds. The van der Waals surface area contributed by atoms with E-state index in [1.54, 1.807) is 6.20 Å². The molecular weight excluding hydrogens is 288 g/mol. The molecule has 0 saturated carbocycles. The number of nitrogens with zero attached hydrogens (tertiary/aromatic N) is 4. The topological polar surface area (TPSA) is 84.3 Å². The summed E-state index contributed by atoms with van der Waals surface area (Å²) in [6, 6.07) is 7.91. The number of anilines is 4. The lowest BCUT2D eigenvalue weighted by molar-refractivity contribution is 0.652. The summed E-state index contributed by atoms with van der Waals surface area (Å²) in [7, 11) is 0. The van der Waals surface area contributed by atoms with Crippen LogP contribution >= 0.6 is 11.6 Å². The third-order valence-electron chi connectivity index (χ3n) is 3.61. The summed E-state index contributed by atoms with van der Waals surface area (Å²) in [4.78, 5) is 12.5. The molecular formula is C14H17ClN6. The minimum absolute atomic E-state index is 0.203. The van der Waals surface area contributed by atoms with Gasteiger partial charge in [-0.05, 0) is 18.2 Å². The van der Waals surface area contributed by atoms with Crippen LogP contribution in [0.25, 0.3) is 0 Å². The van der Waals surface area contributed by atoms with Crippen molar-refractivity contribution in [3.63, 3.8) is 0 Å². The maximum atomic E-state index is 6.04. The first-order valence-electron chi connectivity index (χ1n) is 6.77. The van der Waals surface area contributed by atoms with Crippen LogP contribution < -0.4 is 21.3 Å². The molecule has 1 fully saturated rings. The Labute approximate surface area is 128 Å². The minimum atomic E-state index is 0.203. The molecule has 0 atom stereocenters. The van der Waals surface area contributed by atoms with Crippen molar-refractivity contribution in [2.24, 2.45) is 0 Å². The molecule has 0 bridgehead atoms. The zero-order chi connectivity index (χ0) is 14.8. The van der Waals surface area contributed by atoms with Gasteiger partial charge in [-0.2, -0.15) is 4.98 Å². The predicted octanol–water partition coefficient (Wildman–Crippen LogP) is 1.62. The highest BCUT2D eigenvalue weighted by Crippen LogP contribution is 2.25. The molecule has 21 heavy (non-hydrogen) atoms. The Morgan fingerprint density at radius 3 is 2.43 bits per heavy atom. The van der Waals surface area contributed by atoms with Crippen LogP contribution in [0, 0.1) is 0 Å². The quantitative estimate of drug-likeness (QED) is 0.877. The van der Waals surface area contributed by atoms with Gasteiger partial charge in [-0.3, -0.25) is 0 Å². The highest BCUT2D eigenvalue weighted by Gasteiger charge is 2.20. The maximum Gasteiger partial charge on any atom is 0.222 e. The van der Waals surface area contributed by atoms with E-state index in [-0.39, 0.29) is 5.95 Å². The second-order valence-electron chi connectivity index (χ2n) is 4.95. The SMILES string of the molecule is Nc1ncc(N2CCN(c3cccc(Cl)c3)CC2)c(N)n1. The lowest BCUT2D eigenvalue weighted by Gasteiger charge is -2.37. The number of nitrogen functional groups attached to an aromatic ring is 2. The van der Waals surface area contributed by atoms with E-state index < -0.39 is 0 Å². The molecule has 3 rings (SSSR count). The van der Waals surface area contributed by atoms with Crippen molar-refractivity contribution < 1.29 is 0 Å². The van der Waals surface area contributed by atoms with Gasteiger partial charge >= 0.3 is 0 Å². The largest absolute Gasteiger partial charge is 0.382 e. The first-order chi connectivity index (χ1) is 10.1. The van der Waals surface area contributed by atoms with Gasteiger partial charge in [-0.25, -0.2) is 4.98 Å². The van der Waals surface area contributed by atoms with E-state index >= 15 is 0 Å². The molecule has 110 valence electrons. The van der Waals surface area contributed by atoms with Gasteiger partial charge in [0.05, 0.1) is 11.9 Å². The van der Waals surface area contributed by atoms with Crippen LogP contribution in [0.2, 0.25) is 5.02 Å². The molecule has 2 aromatic rings. The van der Waals surface area contributed by atoms with Crippen molar-refractivity contribution in [1.82, 2.24) is 9.97 Å². The number of hydrogen-bond donors (Lipinski definition) is 2. The van der Waals surface area contributed by atoms with Crippen molar-refractivity contribution in [2.45, 2.75) is 0 Å².